The molecule has 0 bridgehead atoms. The first-order valence-electron chi connectivity index (χ1n) is 30.3. The fraction of sp³-hybridized carbons (Fsp3) is 0.871. The molecule has 400 valence electrons. The quantitative estimate of drug-likeness (QED) is 0.0321. The van der Waals surface area contributed by atoms with E-state index in [0.717, 1.165) is 44.9 Å². The molecular weight excluding hydrogens is 839 g/mol. The molecule has 0 aromatic carbocycles. The summed E-state index contributed by atoms with van der Waals surface area (Å²) in [6.07, 6.45) is 71.8. The fourth-order valence-electron chi connectivity index (χ4n) is 9.21. The van der Waals surface area contributed by atoms with Crippen LogP contribution in [0.5, 0.6) is 0 Å². The molecule has 0 saturated heterocycles. The molecule has 2 atom stereocenters. The van der Waals surface area contributed by atoms with Gasteiger partial charge >= 0.3 is 5.97 Å². The Labute approximate surface area is 424 Å². The van der Waals surface area contributed by atoms with Gasteiger partial charge in [-0.1, -0.05) is 262 Å². The van der Waals surface area contributed by atoms with Crippen LogP contribution in [0.1, 0.15) is 322 Å². The van der Waals surface area contributed by atoms with Crippen LogP contribution in [0.25, 0.3) is 0 Å². The van der Waals surface area contributed by atoms with Gasteiger partial charge < -0.3 is 20.3 Å². The lowest BCUT2D eigenvalue weighted by Gasteiger charge is -2.20. The van der Waals surface area contributed by atoms with Crippen molar-refractivity contribution in [3.8, 4) is 0 Å². The van der Waals surface area contributed by atoms with Crippen molar-refractivity contribution in [1.82, 2.24) is 5.32 Å². The summed E-state index contributed by atoms with van der Waals surface area (Å²) in [6, 6.07) is -0.629. The summed E-state index contributed by atoms with van der Waals surface area (Å²) in [5, 5.41) is 23.1. The highest BCUT2D eigenvalue weighted by molar-refractivity contribution is 5.76. The summed E-state index contributed by atoms with van der Waals surface area (Å²) in [6.45, 7) is 4.89. The molecule has 0 rings (SSSR count). The van der Waals surface area contributed by atoms with Gasteiger partial charge in [0.25, 0.3) is 0 Å². The molecule has 0 aliphatic carbocycles. The second kappa shape index (κ2) is 57.7. The second-order valence-corrected chi connectivity index (χ2v) is 20.7. The van der Waals surface area contributed by atoms with Crippen molar-refractivity contribution in [2.24, 2.45) is 0 Å². The summed E-state index contributed by atoms with van der Waals surface area (Å²) in [5.41, 5.74) is 0. The minimum Gasteiger partial charge on any atom is -0.466 e. The van der Waals surface area contributed by atoms with E-state index >= 15 is 0 Å². The highest BCUT2D eigenvalue weighted by Gasteiger charge is 2.18. The van der Waals surface area contributed by atoms with Crippen LogP contribution in [0, 0.1) is 0 Å². The molecule has 2 unspecified atom stereocenters. The third kappa shape index (κ3) is 53.4. The number of aliphatic hydroxyl groups is 2. The normalized spacial score (nSPS) is 12.8. The van der Waals surface area contributed by atoms with Crippen molar-refractivity contribution in [3.05, 3.63) is 36.5 Å². The Balaban J connectivity index is 3.41. The van der Waals surface area contributed by atoms with Gasteiger partial charge in [-0.25, -0.2) is 0 Å². The van der Waals surface area contributed by atoms with E-state index in [9.17, 15) is 19.8 Å². The first kappa shape index (κ1) is 66.1. The number of rotatable bonds is 56. The number of carbonyl (C=O) groups excluding carboxylic acids is 2. The van der Waals surface area contributed by atoms with Crippen LogP contribution < -0.4 is 5.32 Å². The Morgan fingerprint density at radius 1 is 0.397 bits per heavy atom. The smallest absolute Gasteiger partial charge is 0.305 e. The molecule has 6 nitrogen and oxygen atoms in total. The minimum atomic E-state index is -0.845. The van der Waals surface area contributed by atoms with Gasteiger partial charge in [0.05, 0.1) is 25.4 Å². The van der Waals surface area contributed by atoms with Gasteiger partial charge in [-0.2, -0.15) is 0 Å². The SMILES string of the molecule is CCCCCC/C=C\CCCCCCCC(=O)OCCCCCCCCCCCCCC/C=C\CCCCCCCCCCCC(=O)NC(CO)C(O)/C=C/CCCCCCCCCCCCC. The van der Waals surface area contributed by atoms with Crippen molar-refractivity contribution < 1.29 is 24.5 Å². The third-order valence-electron chi connectivity index (χ3n) is 13.9. The molecular formula is C62H117NO5. The lowest BCUT2D eigenvalue weighted by atomic mass is 10.0. The van der Waals surface area contributed by atoms with Gasteiger partial charge in [-0.05, 0) is 83.5 Å². The van der Waals surface area contributed by atoms with Crippen molar-refractivity contribution in [1.29, 1.82) is 0 Å². The summed E-state index contributed by atoms with van der Waals surface area (Å²) >= 11 is 0. The molecule has 0 fully saturated rings. The first-order chi connectivity index (χ1) is 33.5. The van der Waals surface area contributed by atoms with Crippen molar-refractivity contribution in [2.45, 2.75) is 334 Å². The molecule has 0 radical (unpaired) electrons. The summed E-state index contributed by atoms with van der Waals surface area (Å²) in [7, 11) is 0. The second-order valence-electron chi connectivity index (χ2n) is 20.7. The number of esters is 1. The molecule has 0 aromatic rings. The highest BCUT2D eigenvalue weighted by Crippen LogP contribution is 2.16. The topological polar surface area (TPSA) is 95.9 Å². The van der Waals surface area contributed by atoms with E-state index in [0.29, 0.717) is 19.4 Å². The van der Waals surface area contributed by atoms with E-state index < -0.39 is 12.1 Å². The summed E-state index contributed by atoms with van der Waals surface area (Å²) in [4.78, 5) is 24.5. The maximum absolute atomic E-state index is 12.4. The third-order valence-corrected chi connectivity index (χ3v) is 13.9. The molecule has 0 aliphatic heterocycles. The van der Waals surface area contributed by atoms with Crippen LogP contribution in [0.4, 0.5) is 0 Å². The zero-order chi connectivity index (χ0) is 49.3. The first-order valence-corrected chi connectivity index (χ1v) is 30.3. The van der Waals surface area contributed by atoms with Crippen LogP contribution in [0.15, 0.2) is 36.5 Å². The van der Waals surface area contributed by atoms with Gasteiger partial charge in [0.15, 0.2) is 0 Å². The number of carbonyl (C=O) groups is 2. The molecule has 0 aromatic heterocycles. The summed E-state index contributed by atoms with van der Waals surface area (Å²) < 4.78 is 5.47. The molecule has 1 amide bonds. The van der Waals surface area contributed by atoms with Crippen LogP contribution in [-0.4, -0.2) is 47.4 Å². The van der Waals surface area contributed by atoms with Crippen LogP contribution in [0.3, 0.4) is 0 Å². The standard InChI is InChI=1S/C62H117NO5/c1-3-5-7-9-11-13-15-30-34-38-42-46-50-54-60(65)59(58-64)63-61(66)55-51-47-43-39-35-32-28-26-24-22-20-18-17-19-21-23-25-27-29-33-37-41-45-49-53-57-68-62(67)56-52-48-44-40-36-31-16-14-12-10-8-6-4-2/h14,16,18,20,50,54,59-60,64-65H,3-13,15,17,19,21-49,51-53,55-58H2,1-2H3,(H,63,66)/b16-14-,20-18-,54-50+. The monoisotopic (exact) mass is 956 g/mol. The van der Waals surface area contributed by atoms with E-state index in [1.807, 2.05) is 6.08 Å². The predicted octanol–water partition coefficient (Wildman–Crippen LogP) is 18.8. The maximum atomic E-state index is 12.4. The number of allylic oxidation sites excluding steroid dienone is 5. The molecule has 0 spiro atoms. The van der Waals surface area contributed by atoms with Crippen molar-refractivity contribution in [2.75, 3.05) is 13.2 Å². The lowest BCUT2D eigenvalue weighted by Crippen LogP contribution is -2.45. The number of aliphatic hydroxyl groups excluding tert-OH is 2. The van der Waals surface area contributed by atoms with Gasteiger partial charge in [0.1, 0.15) is 0 Å². The Hall–Kier alpha value is -1.92. The Bertz CT molecular complexity index is 1100. The number of amides is 1. The molecule has 0 aliphatic rings. The van der Waals surface area contributed by atoms with Gasteiger partial charge in [0, 0.05) is 12.8 Å². The largest absolute Gasteiger partial charge is 0.466 e. The van der Waals surface area contributed by atoms with Crippen LogP contribution in [-0.2, 0) is 14.3 Å². The average molecular weight is 957 g/mol. The number of nitrogens with one attached hydrogen (secondary N) is 1. The summed E-state index contributed by atoms with van der Waals surface area (Å²) in [5.74, 6) is -0.0675. The average Bonchev–Trinajstić information content (AvgIpc) is 3.34. The van der Waals surface area contributed by atoms with Crippen molar-refractivity contribution >= 4 is 11.9 Å². The number of hydrogen-bond acceptors (Lipinski definition) is 5. The zero-order valence-corrected chi connectivity index (χ0v) is 45.6. The zero-order valence-electron chi connectivity index (χ0n) is 45.6. The van der Waals surface area contributed by atoms with Gasteiger partial charge in [-0.15, -0.1) is 0 Å². The Morgan fingerprint density at radius 2 is 0.691 bits per heavy atom. The lowest BCUT2D eigenvalue weighted by molar-refractivity contribution is -0.143. The van der Waals surface area contributed by atoms with E-state index in [2.05, 4.69) is 43.5 Å². The molecule has 68 heavy (non-hydrogen) atoms. The fourth-order valence-corrected chi connectivity index (χ4v) is 9.21. The minimum absolute atomic E-state index is 0.00352. The van der Waals surface area contributed by atoms with Crippen LogP contribution in [0.2, 0.25) is 0 Å². The van der Waals surface area contributed by atoms with Gasteiger partial charge in [0.2, 0.25) is 5.91 Å². The molecule has 0 heterocycles. The highest BCUT2D eigenvalue weighted by atomic mass is 16.5. The predicted molar refractivity (Wildman–Crippen MR) is 296 cm³/mol. The van der Waals surface area contributed by atoms with E-state index in [1.54, 1.807) is 6.08 Å². The van der Waals surface area contributed by atoms with E-state index in [4.69, 9.17) is 4.74 Å². The molecule has 6 heteroatoms. The Kier molecular flexibility index (Phi) is 56.0. The molecule has 0 saturated carbocycles. The maximum Gasteiger partial charge on any atom is 0.305 e. The van der Waals surface area contributed by atoms with Crippen molar-refractivity contribution in [3.63, 3.8) is 0 Å². The van der Waals surface area contributed by atoms with Gasteiger partial charge in [-0.3, -0.25) is 9.59 Å². The number of unbranched alkanes of at least 4 members (excludes halogenated alkanes) is 41. The Morgan fingerprint density at radius 3 is 1.06 bits per heavy atom. The van der Waals surface area contributed by atoms with Crippen LogP contribution >= 0.6 is 0 Å². The van der Waals surface area contributed by atoms with E-state index in [-0.39, 0.29) is 18.5 Å². The van der Waals surface area contributed by atoms with E-state index in [1.165, 1.54) is 250 Å². The number of hydrogen-bond donors (Lipinski definition) is 3. The molecule has 3 N–H and O–H groups in total. The number of ether oxygens (including phenoxy) is 1.